The zero-order valence-corrected chi connectivity index (χ0v) is 16.7. The third-order valence-electron chi connectivity index (χ3n) is 5.60. The highest BCUT2D eigenvalue weighted by Crippen LogP contribution is 2.31. The summed E-state index contributed by atoms with van der Waals surface area (Å²) in [5.41, 5.74) is 0.216. The van der Waals surface area contributed by atoms with Crippen molar-refractivity contribution in [3.63, 3.8) is 0 Å². The van der Waals surface area contributed by atoms with Crippen molar-refractivity contribution in [3.8, 4) is 0 Å². The van der Waals surface area contributed by atoms with Crippen LogP contribution in [0, 0.1) is 11.6 Å². The fraction of sp³-hybridized carbons (Fsp3) is 0.409. The predicted octanol–water partition coefficient (Wildman–Crippen LogP) is 3.97. The van der Waals surface area contributed by atoms with E-state index in [4.69, 9.17) is 0 Å². The molecule has 1 unspecified atom stereocenters. The number of hydrogen-bond donors (Lipinski definition) is 1. The fourth-order valence-electron chi connectivity index (χ4n) is 4.30. The lowest BCUT2D eigenvalue weighted by atomic mass is 10.1. The number of fused-ring (bicyclic) bond motifs is 3. The molecule has 0 radical (unpaired) electrons. The monoisotopic (exact) mass is 401 g/mol. The van der Waals surface area contributed by atoms with Gasteiger partial charge in [0.15, 0.2) is 0 Å². The van der Waals surface area contributed by atoms with Gasteiger partial charge in [-0.05, 0) is 56.7 Å². The number of aliphatic hydroxyl groups is 1. The van der Waals surface area contributed by atoms with Crippen LogP contribution in [0.2, 0.25) is 0 Å². The highest BCUT2D eigenvalue weighted by molar-refractivity contribution is 6.08. The number of halogens is 2. The second-order valence-corrected chi connectivity index (χ2v) is 8.04. The van der Waals surface area contributed by atoms with Gasteiger partial charge in [-0.3, -0.25) is 0 Å². The molecular formula is C22H25F2N3O2. The largest absolute Gasteiger partial charge is 0.386 e. The lowest BCUT2D eigenvalue weighted by Crippen LogP contribution is -2.54. The van der Waals surface area contributed by atoms with E-state index in [9.17, 15) is 18.7 Å². The smallest absolute Gasteiger partial charge is 0.320 e. The standard InChI is InChI=1S/C22H25F2N3O2/c1-3-25-9-4-10-26(21(25)28)13-22(2,29)14-27-19-7-5-15(23)11-17(19)18-12-16(24)6-8-20(18)27/h5-8,11-12,29H,3-4,9-10,13-14H2,1-2H3. The Balaban J connectivity index is 1.70. The number of aromatic nitrogens is 1. The van der Waals surface area contributed by atoms with Crippen molar-refractivity contribution < 1.29 is 18.7 Å². The molecule has 1 fully saturated rings. The number of carbonyl (C=O) groups excluding carboxylic acids is 1. The van der Waals surface area contributed by atoms with Crippen LogP contribution in [0.1, 0.15) is 20.3 Å². The molecule has 1 N–H and O–H groups in total. The SMILES string of the molecule is CCN1CCCN(CC(C)(O)Cn2c3ccc(F)cc3c3cc(F)ccc32)C1=O. The molecule has 0 bridgehead atoms. The number of rotatable bonds is 5. The van der Waals surface area contributed by atoms with Crippen molar-refractivity contribution in [3.05, 3.63) is 48.0 Å². The average Bonchev–Trinajstić information content (AvgIpc) is 2.95. The van der Waals surface area contributed by atoms with Gasteiger partial charge in [0.05, 0.1) is 18.7 Å². The molecule has 2 amide bonds. The Hall–Kier alpha value is -2.67. The maximum absolute atomic E-state index is 13.8. The molecule has 1 saturated heterocycles. The number of benzene rings is 2. The van der Waals surface area contributed by atoms with Gasteiger partial charge in [-0.25, -0.2) is 13.6 Å². The van der Waals surface area contributed by atoms with Gasteiger partial charge < -0.3 is 19.5 Å². The van der Waals surface area contributed by atoms with E-state index in [0.29, 0.717) is 34.9 Å². The molecule has 0 saturated carbocycles. The molecule has 5 nitrogen and oxygen atoms in total. The maximum Gasteiger partial charge on any atom is 0.320 e. The Labute approximate surface area is 168 Å². The summed E-state index contributed by atoms with van der Waals surface area (Å²) in [5, 5.41) is 12.4. The molecule has 7 heteroatoms. The molecule has 1 aromatic heterocycles. The molecule has 2 heterocycles. The summed E-state index contributed by atoms with van der Waals surface area (Å²) in [6.07, 6.45) is 0.865. The van der Waals surface area contributed by atoms with Crippen molar-refractivity contribution in [2.75, 3.05) is 26.2 Å². The van der Waals surface area contributed by atoms with Crippen molar-refractivity contribution in [2.24, 2.45) is 0 Å². The first-order valence-electron chi connectivity index (χ1n) is 9.92. The normalized spacial score (nSPS) is 17.3. The second-order valence-electron chi connectivity index (χ2n) is 8.04. The third kappa shape index (κ3) is 3.67. The van der Waals surface area contributed by atoms with E-state index in [2.05, 4.69) is 0 Å². The lowest BCUT2D eigenvalue weighted by molar-refractivity contribution is 0.00658. The van der Waals surface area contributed by atoms with Crippen molar-refractivity contribution in [1.82, 2.24) is 14.4 Å². The predicted molar refractivity (Wildman–Crippen MR) is 109 cm³/mol. The Bertz CT molecular complexity index is 1020. The highest BCUT2D eigenvalue weighted by atomic mass is 19.1. The minimum Gasteiger partial charge on any atom is -0.386 e. The molecule has 1 aliphatic heterocycles. The Morgan fingerprint density at radius 2 is 1.52 bits per heavy atom. The van der Waals surface area contributed by atoms with Crippen LogP contribution in [0.25, 0.3) is 21.8 Å². The fourth-order valence-corrected chi connectivity index (χ4v) is 4.30. The van der Waals surface area contributed by atoms with Crippen LogP contribution in [-0.2, 0) is 6.54 Å². The minimum atomic E-state index is -1.21. The Morgan fingerprint density at radius 3 is 2.07 bits per heavy atom. The van der Waals surface area contributed by atoms with E-state index in [-0.39, 0.29) is 19.1 Å². The zero-order valence-electron chi connectivity index (χ0n) is 16.7. The van der Waals surface area contributed by atoms with E-state index < -0.39 is 17.2 Å². The molecule has 29 heavy (non-hydrogen) atoms. The number of β-amino-alcohol motifs (C(OH)–C–C–N with tert-alkyl or cyclic N) is 1. The minimum absolute atomic E-state index is 0.0645. The summed E-state index contributed by atoms with van der Waals surface area (Å²) in [6.45, 7) is 5.99. The van der Waals surface area contributed by atoms with Crippen LogP contribution in [0.4, 0.5) is 13.6 Å². The second kappa shape index (κ2) is 7.30. The maximum atomic E-state index is 13.8. The Morgan fingerprint density at radius 1 is 0.966 bits per heavy atom. The van der Waals surface area contributed by atoms with Gasteiger partial charge in [0.1, 0.15) is 11.6 Å². The van der Waals surface area contributed by atoms with E-state index >= 15 is 0 Å². The first kappa shape index (κ1) is 19.6. The number of nitrogens with zero attached hydrogens (tertiary/aromatic N) is 3. The van der Waals surface area contributed by atoms with Gasteiger partial charge in [0.25, 0.3) is 0 Å². The average molecular weight is 401 g/mol. The molecule has 4 rings (SSSR count). The van der Waals surface area contributed by atoms with E-state index in [0.717, 1.165) is 13.0 Å². The molecule has 1 atom stereocenters. The summed E-state index contributed by atoms with van der Waals surface area (Å²) in [6, 6.07) is 8.70. The van der Waals surface area contributed by atoms with Crippen molar-refractivity contribution in [1.29, 1.82) is 0 Å². The first-order valence-corrected chi connectivity index (χ1v) is 9.92. The summed E-state index contributed by atoms with van der Waals surface area (Å²) >= 11 is 0. The number of urea groups is 1. The van der Waals surface area contributed by atoms with Gasteiger partial charge in [-0.2, -0.15) is 0 Å². The van der Waals surface area contributed by atoms with Crippen molar-refractivity contribution in [2.45, 2.75) is 32.4 Å². The van der Waals surface area contributed by atoms with Crippen LogP contribution in [-0.4, -0.2) is 57.3 Å². The topological polar surface area (TPSA) is 48.7 Å². The van der Waals surface area contributed by atoms with E-state index in [1.54, 1.807) is 28.9 Å². The van der Waals surface area contributed by atoms with Crippen LogP contribution in [0.3, 0.4) is 0 Å². The summed E-state index contributed by atoms with van der Waals surface area (Å²) in [7, 11) is 0. The quantitative estimate of drug-likeness (QED) is 0.703. The number of carbonyl (C=O) groups is 1. The molecule has 154 valence electrons. The molecule has 2 aromatic carbocycles. The van der Waals surface area contributed by atoms with E-state index in [1.807, 2.05) is 11.5 Å². The Kier molecular flexibility index (Phi) is 4.94. The van der Waals surface area contributed by atoms with Crippen LogP contribution >= 0.6 is 0 Å². The number of amides is 2. The summed E-state index contributed by atoms with van der Waals surface area (Å²) in [4.78, 5) is 16.0. The first-order chi connectivity index (χ1) is 13.8. The molecule has 0 spiro atoms. The summed E-state index contributed by atoms with van der Waals surface area (Å²) in [5.74, 6) is -0.794. The van der Waals surface area contributed by atoms with Gasteiger partial charge in [0.2, 0.25) is 0 Å². The number of hydrogen-bond acceptors (Lipinski definition) is 2. The van der Waals surface area contributed by atoms with Gasteiger partial charge in [0, 0.05) is 41.4 Å². The van der Waals surface area contributed by atoms with Crippen LogP contribution in [0.15, 0.2) is 36.4 Å². The van der Waals surface area contributed by atoms with Crippen LogP contribution in [0.5, 0.6) is 0 Å². The molecule has 3 aromatic rings. The zero-order chi connectivity index (χ0) is 20.8. The molecule has 0 aliphatic carbocycles. The van der Waals surface area contributed by atoms with E-state index in [1.165, 1.54) is 24.3 Å². The third-order valence-corrected chi connectivity index (χ3v) is 5.60. The van der Waals surface area contributed by atoms with Crippen molar-refractivity contribution >= 4 is 27.8 Å². The van der Waals surface area contributed by atoms with Gasteiger partial charge >= 0.3 is 6.03 Å². The highest BCUT2D eigenvalue weighted by Gasteiger charge is 2.32. The molecular weight excluding hydrogens is 376 g/mol. The summed E-state index contributed by atoms with van der Waals surface area (Å²) < 4.78 is 29.5. The van der Waals surface area contributed by atoms with Gasteiger partial charge in [-0.1, -0.05) is 0 Å². The van der Waals surface area contributed by atoms with Gasteiger partial charge in [-0.15, -0.1) is 0 Å². The lowest BCUT2D eigenvalue weighted by Gasteiger charge is -2.39. The van der Waals surface area contributed by atoms with Crippen LogP contribution < -0.4 is 0 Å². The molecule has 1 aliphatic rings.